The summed E-state index contributed by atoms with van der Waals surface area (Å²) in [4.78, 5) is 11.3. The molecular formula is C19H32O2Sn. The van der Waals surface area contributed by atoms with Gasteiger partial charge in [-0.3, -0.25) is 0 Å². The normalized spacial score (nSPS) is 11.6. The Morgan fingerprint density at radius 2 is 1.45 bits per heavy atom. The Morgan fingerprint density at radius 3 is 1.86 bits per heavy atom. The van der Waals surface area contributed by atoms with Gasteiger partial charge in [0.15, 0.2) is 0 Å². The van der Waals surface area contributed by atoms with Gasteiger partial charge in [0, 0.05) is 0 Å². The Kier molecular flexibility index (Phi) is 9.14. The first kappa shape index (κ1) is 19.5. The summed E-state index contributed by atoms with van der Waals surface area (Å²) in [7, 11) is 0. The van der Waals surface area contributed by atoms with Gasteiger partial charge in [-0.1, -0.05) is 0 Å². The van der Waals surface area contributed by atoms with Gasteiger partial charge in [0.2, 0.25) is 0 Å². The van der Waals surface area contributed by atoms with Crippen molar-refractivity contribution in [1.82, 2.24) is 0 Å². The van der Waals surface area contributed by atoms with Crippen molar-refractivity contribution in [3.63, 3.8) is 0 Å². The van der Waals surface area contributed by atoms with Crippen LogP contribution in [0.15, 0.2) is 24.3 Å². The Morgan fingerprint density at radius 1 is 0.955 bits per heavy atom. The van der Waals surface area contributed by atoms with Gasteiger partial charge in [0.05, 0.1) is 0 Å². The van der Waals surface area contributed by atoms with E-state index in [1.165, 1.54) is 55.4 Å². The van der Waals surface area contributed by atoms with Crippen LogP contribution in [-0.2, 0) is 0 Å². The number of hydrogen-bond donors (Lipinski definition) is 1. The molecule has 0 unspecified atom stereocenters. The third-order valence-electron chi connectivity index (χ3n) is 4.75. The number of rotatable bonds is 11. The molecule has 1 N–H and O–H groups in total. The van der Waals surface area contributed by atoms with Crippen LogP contribution in [0.3, 0.4) is 0 Å². The van der Waals surface area contributed by atoms with Gasteiger partial charge in [0.25, 0.3) is 0 Å². The van der Waals surface area contributed by atoms with Crippen molar-refractivity contribution >= 4 is 27.9 Å². The summed E-state index contributed by atoms with van der Waals surface area (Å²) < 4.78 is 5.60. The zero-order valence-corrected chi connectivity index (χ0v) is 17.4. The zero-order valence-electron chi connectivity index (χ0n) is 14.5. The monoisotopic (exact) mass is 412 g/mol. The maximum absolute atomic E-state index is 11.3. The fourth-order valence-corrected chi connectivity index (χ4v) is 19.4. The Balaban J connectivity index is 3.18. The average molecular weight is 411 g/mol. The van der Waals surface area contributed by atoms with E-state index in [0.29, 0.717) is 5.56 Å². The molecule has 0 fully saturated rings. The van der Waals surface area contributed by atoms with Crippen molar-refractivity contribution in [2.75, 3.05) is 0 Å². The zero-order chi connectivity index (χ0) is 16.4. The number of unbranched alkanes of at least 4 members (excludes halogenated alkanes) is 3. The molecule has 0 saturated carbocycles. The second-order valence-corrected chi connectivity index (χ2v) is 19.7. The van der Waals surface area contributed by atoms with E-state index in [0.717, 1.165) is 0 Å². The van der Waals surface area contributed by atoms with E-state index < -0.39 is 24.3 Å². The van der Waals surface area contributed by atoms with E-state index in [1.807, 2.05) is 12.1 Å². The van der Waals surface area contributed by atoms with Crippen molar-refractivity contribution in [3.8, 4) is 0 Å². The van der Waals surface area contributed by atoms with E-state index in [2.05, 4.69) is 26.8 Å². The van der Waals surface area contributed by atoms with Crippen LogP contribution in [0.2, 0.25) is 13.3 Å². The number of carbonyl (C=O) groups is 1. The summed E-state index contributed by atoms with van der Waals surface area (Å²) >= 11 is -2.46. The standard InChI is InChI=1S/C7H5O2.3C4H9.Sn/c8-7(9)6-4-2-1-3-5-6;3*1-3-4-2;/h1-2,4-5H,(H,8,9);3*1,3-4H2,2H3;. The number of benzene rings is 1. The first-order chi connectivity index (χ1) is 10.6. The van der Waals surface area contributed by atoms with Gasteiger partial charge in [-0.25, -0.2) is 0 Å². The molecule has 1 aromatic carbocycles. The molecule has 124 valence electrons. The van der Waals surface area contributed by atoms with Crippen LogP contribution in [0.4, 0.5) is 0 Å². The molecule has 0 saturated heterocycles. The molecule has 22 heavy (non-hydrogen) atoms. The van der Waals surface area contributed by atoms with Gasteiger partial charge in [0.1, 0.15) is 0 Å². The molecule has 0 heterocycles. The molecule has 0 aromatic heterocycles. The predicted octanol–water partition coefficient (Wildman–Crippen LogP) is 5.44. The van der Waals surface area contributed by atoms with Gasteiger partial charge in [-0.2, -0.15) is 0 Å². The second-order valence-electron chi connectivity index (χ2n) is 6.48. The number of aromatic carboxylic acids is 1. The number of hydrogen-bond acceptors (Lipinski definition) is 1. The molecule has 0 amide bonds. The van der Waals surface area contributed by atoms with E-state index in [-0.39, 0.29) is 0 Å². The van der Waals surface area contributed by atoms with E-state index >= 15 is 0 Å². The molecule has 0 spiro atoms. The molecule has 3 heteroatoms. The van der Waals surface area contributed by atoms with Crippen molar-refractivity contribution < 1.29 is 9.90 Å². The molecular weight excluding hydrogens is 379 g/mol. The number of carboxylic acid groups (broad SMARTS) is 1. The van der Waals surface area contributed by atoms with Crippen molar-refractivity contribution in [2.24, 2.45) is 0 Å². The van der Waals surface area contributed by atoms with E-state index in [1.54, 1.807) is 6.07 Å². The summed E-state index contributed by atoms with van der Waals surface area (Å²) in [5.41, 5.74) is 0.475. The van der Waals surface area contributed by atoms with Crippen LogP contribution in [-0.4, -0.2) is 29.5 Å². The van der Waals surface area contributed by atoms with Crippen LogP contribution in [0, 0.1) is 0 Å². The van der Waals surface area contributed by atoms with E-state index in [4.69, 9.17) is 0 Å². The first-order valence-electron chi connectivity index (χ1n) is 8.93. The first-order valence-corrected chi connectivity index (χ1v) is 16.4. The Hall–Kier alpha value is -0.511. The average Bonchev–Trinajstić information content (AvgIpc) is 2.54. The van der Waals surface area contributed by atoms with Crippen LogP contribution in [0.5, 0.6) is 0 Å². The van der Waals surface area contributed by atoms with Crippen molar-refractivity contribution in [2.45, 2.75) is 72.6 Å². The van der Waals surface area contributed by atoms with Gasteiger partial charge >= 0.3 is 140 Å². The minimum atomic E-state index is -2.46. The van der Waals surface area contributed by atoms with Gasteiger partial charge in [-0.15, -0.1) is 0 Å². The van der Waals surface area contributed by atoms with Crippen LogP contribution in [0.1, 0.15) is 69.7 Å². The van der Waals surface area contributed by atoms with Gasteiger partial charge in [-0.05, 0) is 0 Å². The Bertz CT molecular complexity index is 435. The van der Waals surface area contributed by atoms with Crippen LogP contribution in [0.25, 0.3) is 0 Å². The molecule has 1 aromatic rings. The summed E-state index contributed by atoms with van der Waals surface area (Å²) in [5, 5.41) is 9.33. The number of carboxylic acids is 1. The summed E-state index contributed by atoms with van der Waals surface area (Å²) in [5.74, 6) is -0.788. The molecule has 0 aliphatic carbocycles. The molecule has 0 radical (unpaired) electrons. The second kappa shape index (κ2) is 10.3. The molecule has 0 aliphatic heterocycles. The summed E-state index contributed by atoms with van der Waals surface area (Å²) in [6.45, 7) is 6.80. The maximum atomic E-state index is 11.3. The fraction of sp³-hybridized carbons (Fsp3) is 0.632. The molecule has 2 nitrogen and oxygen atoms in total. The van der Waals surface area contributed by atoms with Crippen LogP contribution < -0.4 is 3.58 Å². The third-order valence-corrected chi connectivity index (χ3v) is 20.4. The molecule has 0 aliphatic rings. The fourth-order valence-electron chi connectivity index (χ4n) is 3.34. The van der Waals surface area contributed by atoms with Gasteiger partial charge < -0.3 is 0 Å². The van der Waals surface area contributed by atoms with Crippen LogP contribution >= 0.6 is 0 Å². The SMILES string of the molecule is CCC[CH2][Sn]([CH2]CCC)([CH2]CCC)[c]1cccc(C(=O)O)c1. The molecule has 1 rings (SSSR count). The van der Waals surface area contributed by atoms with Crippen molar-refractivity contribution in [1.29, 1.82) is 0 Å². The molecule has 0 atom stereocenters. The summed E-state index contributed by atoms with van der Waals surface area (Å²) in [6.07, 6.45) is 7.66. The summed E-state index contributed by atoms with van der Waals surface area (Å²) in [6, 6.07) is 7.96. The Labute approximate surface area is 140 Å². The predicted molar refractivity (Wildman–Crippen MR) is 97.9 cm³/mol. The minimum absolute atomic E-state index is 0.475. The third kappa shape index (κ3) is 5.60. The topological polar surface area (TPSA) is 37.3 Å². The quantitative estimate of drug-likeness (QED) is 0.493. The van der Waals surface area contributed by atoms with Crippen molar-refractivity contribution in [3.05, 3.63) is 29.8 Å². The van der Waals surface area contributed by atoms with E-state index in [9.17, 15) is 9.90 Å². The molecule has 0 bridgehead atoms.